The molecule has 3 nitrogen and oxygen atoms in total. The topological polar surface area (TPSA) is 55.1 Å². The molecule has 0 saturated carbocycles. The number of carbonyl (C=O) groups excluding carboxylic acids is 1. The summed E-state index contributed by atoms with van der Waals surface area (Å²) in [6.07, 6.45) is 4.12. The van der Waals surface area contributed by atoms with Crippen LogP contribution in [0.2, 0.25) is 0 Å². The molecule has 0 aliphatic rings. The van der Waals surface area contributed by atoms with E-state index in [0.29, 0.717) is 18.8 Å². The number of nitrogens with one attached hydrogen (secondary N) is 1. The van der Waals surface area contributed by atoms with E-state index in [1.807, 2.05) is 26.0 Å². The highest BCUT2D eigenvalue weighted by atomic mass is 35.5. The molecule has 0 atom stereocenters. The van der Waals surface area contributed by atoms with E-state index < -0.39 is 0 Å². The molecule has 0 aliphatic heterocycles. The molecular weight excluding hydrogens is 188 g/mol. The van der Waals surface area contributed by atoms with Crippen LogP contribution >= 0.6 is 11.6 Å². The van der Waals surface area contributed by atoms with Crippen LogP contribution in [0.1, 0.15) is 20.3 Å². The number of hydrogen-bond donors (Lipinski definition) is 2. The summed E-state index contributed by atoms with van der Waals surface area (Å²) in [6.45, 7) is 4.57. The first-order chi connectivity index (χ1) is 5.98. The van der Waals surface area contributed by atoms with Gasteiger partial charge in [-0.1, -0.05) is 12.2 Å². The molecule has 0 fully saturated rings. The number of carbonyl (C=O) groups is 1. The Labute approximate surface area is 84.3 Å². The van der Waals surface area contributed by atoms with Crippen molar-refractivity contribution in [2.75, 3.05) is 12.4 Å². The van der Waals surface area contributed by atoms with Crippen molar-refractivity contribution in [2.24, 2.45) is 5.73 Å². The summed E-state index contributed by atoms with van der Waals surface area (Å²) in [5.74, 6) is 0.219. The van der Waals surface area contributed by atoms with Gasteiger partial charge in [0, 0.05) is 24.4 Å². The largest absolute Gasteiger partial charge is 0.370 e. The zero-order chi connectivity index (χ0) is 10.3. The van der Waals surface area contributed by atoms with Gasteiger partial charge in [0.2, 0.25) is 5.91 Å². The third-order valence-corrected chi connectivity index (χ3v) is 1.75. The Bertz CT molecular complexity index is 190. The molecule has 0 spiro atoms. The van der Waals surface area contributed by atoms with E-state index in [2.05, 4.69) is 5.32 Å². The van der Waals surface area contributed by atoms with Crippen molar-refractivity contribution >= 4 is 17.5 Å². The normalized spacial score (nSPS) is 12.2. The van der Waals surface area contributed by atoms with Gasteiger partial charge in [-0.15, -0.1) is 11.6 Å². The summed E-state index contributed by atoms with van der Waals surface area (Å²) in [6, 6.07) is 0. The highest BCUT2D eigenvalue weighted by Gasteiger charge is 2.18. The maximum atomic E-state index is 10.6. The first-order valence-electron chi connectivity index (χ1n) is 4.22. The summed E-state index contributed by atoms with van der Waals surface area (Å²) in [7, 11) is 0. The van der Waals surface area contributed by atoms with Gasteiger partial charge in [-0.25, -0.2) is 0 Å². The van der Waals surface area contributed by atoms with E-state index in [0.717, 1.165) is 0 Å². The average molecular weight is 205 g/mol. The smallest absolute Gasteiger partial charge is 0.219 e. The van der Waals surface area contributed by atoms with Gasteiger partial charge in [0.15, 0.2) is 0 Å². The zero-order valence-corrected chi connectivity index (χ0v) is 8.90. The fourth-order valence-corrected chi connectivity index (χ4v) is 1.11. The standard InChI is InChI=1S/C9H17ClN2O/c1-9(2,7-8(11)13)12-6-4-3-5-10/h3-4,12H,5-7H2,1-2H3,(H2,11,13)/b4-3+. The Morgan fingerprint density at radius 2 is 2.15 bits per heavy atom. The monoisotopic (exact) mass is 204 g/mol. The van der Waals surface area contributed by atoms with E-state index in [9.17, 15) is 4.79 Å². The van der Waals surface area contributed by atoms with Crippen LogP contribution in [0.15, 0.2) is 12.2 Å². The number of halogens is 1. The van der Waals surface area contributed by atoms with Crippen LogP contribution in [0, 0.1) is 0 Å². The van der Waals surface area contributed by atoms with Crippen LogP contribution < -0.4 is 11.1 Å². The van der Waals surface area contributed by atoms with E-state index in [-0.39, 0.29) is 11.4 Å². The lowest BCUT2D eigenvalue weighted by Gasteiger charge is -2.23. The van der Waals surface area contributed by atoms with Gasteiger partial charge >= 0.3 is 0 Å². The first kappa shape index (κ1) is 12.5. The van der Waals surface area contributed by atoms with Crippen molar-refractivity contribution < 1.29 is 4.79 Å². The maximum Gasteiger partial charge on any atom is 0.219 e. The molecule has 4 heteroatoms. The van der Waals surface area contributed by atoms with Crippen molar-refractivity contribution in [3.63, 3.8) is 0 Å². The van der Waals surface area contributed by atoms with Crippen molar-refractivity contribution in [1.29, 1.82) is 0 Å². The lowest BCUT2D eigenvalue weighted by atomic mass is 10.0. The molecule has 0 aliphatic carbocycles. The molecule has 0 heterocycles. The Balaban J connectivity index is 3.75. The number of nitrogens with two attached hydrogens (primary N) is 1. The molecule has 0 aromatic rings. The van der Waals surface area contributed by atoms with Gasteiger partial charge in [-0.05, 0) is 13.8 Å². The quantitative estimate of drug-likeness (QED) is 0.502. The van der Waals surface area contributed by atoms with Crippen LogP contribution in [0.4, 0.5) is 0 Å². The number of primary amides is 1. The van der Waals surface area contributed by atoms with Crippen LogP contribution in [-0.2, 0) is 4.79 Å². The maximum absolute atomic E-state index is 10.6. The summed E-state index contributed by atoms with van der Waals surface area (Å²) in [5.41, 5.74) is 4.84. The van der Waals surface area contributed by atoms with E-state index >= 15 is 0 Å². The predicted molar refractivity (Wildman–Crippen MR) is 55.8 cm³/mol. The van der Waals surface area contributed by atoms with Gasteiger partial charge < -0.3 is 11.1 Å². The lowest BCUT2D eigenvalue weighted by Crippen LogP contribution is -2.42. The summed E-state index contributed by atoms with van der Waals surface area (Å²) in [5, 5.41) is 3.18. The molecule has 0 unspecified atom stereocenters. The van der Waals surface area contributed by atoms with Crippen LogP contribution in [0.25, 0.3) is 0 Å². The summed E-state index contributed by atoms with van der Waals surface area (Å²) in [4.78, 5) is 10.6. The minimum Gasteiger partial charge on any atom is -0.370 e. The SMILES string of the molecule is CC(C)(CC(N)=O)NC/C=C/CCl. The minimum atomic E-state index is -0.293. The van der Waals surface area contributed by atoms with E-state index in [1.54, 1.807) is 0 Å². The van der Waals surface area contributed by atoms with Crippen LogP contribution in [-0.4, -0.2) is 23.9 Å². The van der Waals surface area contributed by atoms with Crippen molar-refractivity contribution in [2.45, 2.75) is 25.8 Å². The molecular formula is C9H17ClN2O. The Hall–Kier alpha value is -0.540. The summed E-state index contributed by atoms with van der Waals surface area (Å²) >= 11 is 5.45. The van der Waals surface area contributed by atoms with Gasteiger partial charge in [-0.2, -0.15) is 0 Å². The second-order valence-electron chi connectivity index (χ2n) is 3.53. The highest BCUT2D eigenvalue weighted by Crippen LogP contribution is 2.06. The fourth-order valence-electron chi connectivity index (χ4n) is 0.980. The number of rotatable bonds is 6. The van der Waals surface area contributed by atoms with Crippen LogP contribution in [0.5, 0.6) is 0 Å². The molecule has 3 N–H and O–H groups in total. The van der Waals surface area contributed by atoms with Crippen molar-refractivity contribution in [3.8, 4) is 0 Å². The fraction of sp³-hybridized carbons (Fsp3) is 0.667. The summed E-state index contributed by atoms with van der Waals surface area (Å²) < 4.78 is 0. The second-order valence-corrected chi connectivity index (χ2v) is 3.84. The molecule has 0 rings (SSSR count). The third-order valence-electron chi connectivity index (χ3n) is 1.57. The van der Waals surface area contributed by atoms with Gasteiger partial charge in [0.25, 0.3) is 0 Å². The molecule has 0 bridgehead atoms. The molecule has 13 heavy (non-hydrogen) atoms. The lowest BCUT2D eigenvalue weighted by molar-refractivity contribution is -0.119. The minimum absolute atomic E-state index is 0.248. The van der Waals surface area contributed by atoms with E-state index in [4.69, 9.17) is 17.3 Å². The zero-order valence-electron chi connectivity index (χ0n) is 8.14. The Morgan fingerprint density at radius 3 is 2.62 bits per heavy atom. The van der Waals surface area contributed by atoms with Gasteiger partial charge in [0.1, 0.15) is 0 Å². The molecule has 1 amide bonds. The second kappa shape index (κ2) is 6.00. The predicted octanol–water partition coefficient (Wildman–Crippen LogP) is 1.03. The first-order valence-corrected chi connectivity index (χ1v) is 4.76. The van der Waals surface area contributed by atoms with Gasteiger partial charge in [-0.3, -0.25) is 4.79 Å². The third kappa shape index (κ3) is 7.81. The average Bonchev–Trinajstić information content (AvgIpc) is 1.95. The number of allylic oxidation sites excluding steroid dienone is 1. The Morgan fingerprint density at radius 1 is 1.54 bits per heavy atom. The highest BCUT2D eigenvalue weighted by molar-refractivity contribution is 6.18. The van der Waals surface area contributed by atoms with Crippen molar-refractivity contribution in [1.82, 2.24) is 5.32 Å². The van der Waals surface area contributed by atoms with Crippen LogP contribution in [0.3, 0.4) is 0 Å². The molecule has 0 saturated heterocycles. The van der Waals surface area contributed by atoms with E-state index in [1.165, 1.54) is 0 Å². The van der Waals surface area contributed by atoms with Crippen molar-refractivity contribution in [3.05, 3.63) is 12.2 Å². The number of hydrogen-bond acceptors (Lipinski definition) is 2. The molecule has 76 valence electrons. The Kier molecular flexibility index (Phi) is 5.75. The molecule has 0 radical (unpaired) electrons. The molecule has 0 aromatic heterocycles. The number of amides is 1. The number of alkyl halides is 1. The molecule has 0 aromatic carbocycles. The van der Waals surface area contributed by atoms with Gasteiger partial charge in [0.05, 0.1) is 0 Å².